The number of aliphatic hydroxyl groups is 3. The number of aliphatic hydroxyl groups excluding tert-OH is 3. The molecule has 2 rings (SSSR count). The molecule has 3 unspecified atom stereocenters. The number of rotatable bonds is 4. The molecule has 0 saturated heterocycles. The SMILES string of the molecule is CSc1nc2c(c(=O)[nH]1)NC(C(O)C(O)CO)C=N2. The Morgan fingerprint density at radius 1 is 1.53 bits per heavy atom. The van der Waals surface area contributed by atoms with Crippen LogP contribution < -0.4 is 10.9 Å². The molecule has 5 N–H and O–H groups in total. The summed E-state index contributed by atoms with van der Waals surface area (Å²) < 4.78 is 0. The second-order valence-electron chi connectivity index (χ2n) is 3.96. The lowest BCUT2D eigenvalue weighted by atomic mass is 10.1. The third kappa shape index (κ3) is 2.78. The summed E-state index contributed by atoms with van der Waals surface area (Å²) >= 11 is 1.28. The van der Waals surface area contributed by atoms with E-state index in [9.17, 15) is 15.0 Å². The van der Waals surface area contributed by atoms with E-state index < -0.39 is 30.4 Å². The summed E-state index contributed by atoms with van der Waals surface area (Å²) in [4.78, 5) is 22.5. The Labute approximate surface area is 112 Å². The Morgan fingerprint density at radius 2 is 2.26 bits per heavy atom. The van der Waals surface area contributed by atoms with Gasteiger partial charge in [-0.1, -0.05) is 11.8 Å². The highest BCUT2D eigenvalue weighted by Crippen LogP contribution is 2.24. The molecule has 0 radical (unpaired) electrons. The molecule has 0 spiro atoms. The van der Waals surface area contributed by atoms with Gasteiger partial charge in [0.1, 0.15) is 17.9 Å². The van der Waals surface area contributed by atoms with Crippen molar-refractivity contribution in [2.24, 2.45) is 4.99 Å². The predicted octanol–water partition coefficient (Wildman–Crippen LogP) is -1.30. The van der Waals surface area contributed by atoms with Crippen LogP contribution in [0.4, 0.5) is 11.5 Å². The Balaban J connectivity index is 2.28. The molecule has 1 aliphatic rings. The number of nitrogens with zero attached hydrogens (tertiary/aromatic N) is 2. The van der Waals surface area contributed by atoms with Crippen molar-refractivity contribution in [2.45, 2.75) is 23.4 Å². The molecule has 0 bridgehead atoms. The van der Waals surface area contributed by atoms with E-state index in [1.54, 1.807) is 6.26 Å². The van der Waals surface area contributed by atoms with Crippen LogP contribution in [0.5, 0.6) is 0 Å². The molecule has 104 valence electrons. The van der Waals surface area contributed by atoms with Gasteiger partial charge in [-0.3, -0.25) is 9.78 Å². The maximum Gasteiger partial charge on any atom is 0.277 e. The predicted molar refractivity (Wildman–Crippen MR) is 71.3 cm³/mol. The second-order valence-corrected chi connectivity index (χ2v) is 4.76. The molecule has 1 aliphatic heterocycles. The first kappa shape index (κ1) is 14.0. The van der Waals surface area contributed by atoms with E-state index >= 15 is 0 Å². The molecule has 1 aromatic heterocycles. The summed E-state index contributed by atoms with van der Waals surface area (Å²) in [6, 6.07) is -0.766. The minimum atomic E-state index is -1.32. The molecule has 0 aliphatic carbocycles. The lowest BCUT2D eigenvalue weighted by Crippen LogP contribution is -2.46. The number of aromatic nitrogens is 2. The van der Waals surface area contributed by atoms with Crippen LogP contribution >= 0.6 is 11.8 Å². The zero-order valence-electron chi connectivity index (χ0n) is 10.1. The minimum absolute atomic E-state index is 0.134. The summed E-state index contributed by atoms with van der Waals surface area (Å²) in [5, 5.41) is 31.1. The molecule has 3 atom stereocenters. The number of fused-ring (bicyclic) bond motifs is 1. The largest absolute Gasteiger partial charge is 0.394 e. The monoisotopic (exact) mass is 286 g/mol. The fourth-order valence-electron chi connectivity index (χ4n) is 1.64. The van der Waals surface area contributed by atoms with Crippen molar-refractivity contribution in [3.63, 3.8) is 0 Å². The van der Waals surface area contributed by atoms with Gasteiger partial charge in [0.25, 0.3) is 5.56 Å². The van der Waals surface area contributed by atoms with Crippen molar-refractivity contribution in [3.05, 3.63) is 10.4 Å². The van der Waals surface area contributed by atoms with Gasteiger partial charge in [0, 0.05) is 6.21 Å². The Morgan fingerprint density at radius 3 is 2.89 bits per heavy atom. The van der Waals surface area contributed by atoms with E-state index in [0.29, 0.717) is 5.16 Å². The van der Waals surface area contributed by atoms with Crippen molar-refractivity contribution < 1.29 is 15.3 Å². The summed E-state index contributed by atoms with van der Waals surface area (Å²) in [6.07, 6.45) is 0.529. The van der Waals surface area contributed by atoms with Gasteiger partial charge in [-0.05, 0) is 6.26 Å². The lowest BCUT2D eigenvalue weighted by molar-refractivity contribution is -0.0136. The summed E-state index contributed by atoms with van der Waals surface area (Å²) in [7, 11) is 0. The van der Waals surface area contributed by atoms with E-state index in [2.05, 4.69) is 20.3 Å². The smallest absolute Gasteiger partial charge is 0.277 e. The highest BCUT2D eigenvalue weighted by Gasteiger charge is 2.29. The van der Waals surface area contributed by atoms with Crippen molar-refractivity contribution in [1.82, 2.24) is 9.97 Å². The summed E-state index contributed by atoms with van der Waals surface area (Å²) in [5.41, 5.74) is -0.267. The van der Waals surface area contributed by atoms with Crippen molar-refractivity contribution >= 4 is 29.5 Å². The molecule has 8 nitrogen and oxygen atoms in total. The Kier molecular flexibility index (Phi) is 4.20. The van der Waals surface area contributed by atoms with Gasteiger partial charge >= 0.3 is 0 Å². The Bertz CT molecular complexity index is 547. The summed E-state index contributed by atoms with van der Waals surface area (Å²) in [5.74, 6) is 0.232. The van der Waals surface area contributed by atoms with Crippen LogP contribution in [0.1, 0.15) is 0 Å². The van der Waals surface area contributed by atoms with Crippen LogP contribution in [0, 0.1) is 0 Å². The van der Waals surface area contributed by atoms with Gasteiger partial charge < -0.3 is 20.6 Å². The van der Waals surface area contributed by atoms with Crippen LogP contribution in [0.2, 0.25) is 0 Å². The number of aliphatic imine (C=N–C) groups is 1. The number of anilines is 1. The highest BCUT2D eigenvalue weighted by molar-refractivity contribution is 7.98. The van der Waals surface area contributed by atoms with Gasteiger partial charge in [-0.2, -0.15) is 0 Å². The number of hydrogen-bond acceptors (Lipinski definition) is 8. The molecular formula is C10H14N4O4S. The van der Waals surface area contributed by atoms with Gasteiger partial charge in [0.05, 0.1) is 12.6 Å². The van der Waals surface area contributed by atoms with E-state index in [0.717, 1.165) is 0 Å². The third-order valence-corrected chi connectivity index (χ3v) is 3.27. The molecule has 0 aromatic carbocycles. The van der Waals surface area contributed by atoms with Crippen LogP contribution in [0.15, 0.2) is 14.9 Å². The molecule has 1 aromatic rings. The zero-order valence-corrected chi connectivity index (χ0v) is 10.9. The number of H-pyrrole nitrogens is 1. The molecule has 2 heterocycles. The van der Waals surface area contributed by atoms with Gasteiger partial charge in [-0.25, -0.2) is 9.98 Å². The quantitative estimate of drug-likeness (QED) is 0.343. The van der Waals surface area contributed by atoms with Crippen LogP contribution in [0.3, 0.4) is 0 Å². The van der Waals surface area contributed by atoms with Gasteiger partial charge in [0.2, 0.25) is 0 Å². The fourth-order valence-corrected chi connectivity index (χ4v) is 2.01. The van der Waals surface area contributed by atoms with E-state index in [1.807, 2.05) is 0 Å². The summed E-state index contributed by atoms with van der Waals surface area (Å²) in [6.45, 7) is -0.583. The number of aromatic amines is 1. The first-order valence-electron chi connectivity index (χ1n) is 5.53. The number of nitrogens with one attached hydrogen (secondary N) is 2. The zero-order chi connectivity index (χ0) is 14.0. The van der Waals surface area contributed by atoms with Crippen LogP contribution in [0.25, 0.3) is 0 Å². The van der Waals surface area contributed by atoms with Crippen LogP contribution in [-0.2, 0) is 0 Å². The Hall–Kier alpha value is -1.42. The molecule has 9 heteroatoms. The van der Waals surface area contributed by atoms with Gasteiger partial charge in [0.15, 0.2) is 11.0 Å². The number of thioether (sulfide) groups is 1. The first-order chi connectivity index (χ1) is 9.06. The molecule has 0 fully saturated rings. The maximum atomic E-state index is 11.8. The molecule has 0 saturated carbocycles. The minimum Gasteiger partial charge on any atom is -0.394 e. The van der Waals surface area contributed by atoms with Crippen molar-refractivity contribution in [1.29, 1.82) is 0 Å². The second kappa shape index (κ2) is 5.70. The normalized spacial score (nSPS) is 20.5. The topological polar surface area (TPSA) is 131 Å². The van der Waals surface area contributed by atoms with Crippen molar-refractivity contribution in [2.75, 3.05) is 18.2 Å². The van der Waals surface area contributed by atoms with Gasteiger partial charge in [-0.15, -0.1) is 0 Å². The van der Waals surface area contributed by atoms with E-state index in [4.69, 9.17) is 5.11 Å². The number of hydrogen-bond donors (Lipinski definition) is 5. The average molecular weight is 286 g/mol. The maximum absolute atomic E-state index is 11.8. The lowest BCUT2D eigenvalue weighted by Gasteiger charge is -2.26. The molecule has 0 amide bonds. The van der Waals surface area contributed by atoms with E-state index in [-0.39, 0.29) is 11.5 Å². The van der Waals surface area contributed by atoms with Crippen LogP contribution in [-0.4, -0.2) is 62.6 Å². The third-order valence-electron chi connectivity index (χ3n) is 2.69. The average Bonchev–Trinajstić information content (AvgIpc) is 2.45. The highest BCUT2D eigenvalue weighted by atomic mass is 32.2. The van der Waals surface area contributed by atoms with E-state index in [1.165, 1.54) is 18.0 Å². The van der Waals surface area contributed by atoms with Crippen molar-refractivity contribution in [3.8, 4) is 0 Å². The first-order valence-corrected chi connectivity index (χ1v) is 6.75. The molecular weight excluding hydrogens is 272 g/mol. The standard InChI is InChI=1S/C10H14N4O4S/c1-19-10-13-8-6(9(18)14-10)12-4(2-11-8)7(17)5(16)3-15/h2,4-5,7,12,15-17H,3H2,1H3,(H,13,14,18). The fraction of sp³-hybridized carbons (Fsp3) is 0.500. The molecule has 19 heavy (non-hydrogen) atoms.